The largest absolute Gasteiger partial charge is 0.369 e. The van der Waals surface area contributed by atoms with Crippen molar-refractivity contribution in [1.82, 2.24) is 4.72 Å². The first-order chi connectivity index (χ1) is 15.6. The summed E-state index contributed by atoms with van der Waals surface area (Å²) in [5.41, 5.74) is 7.06. The molecule has 1 saturated carbocycles. The van der Waals surface area contributed by atoms with E-state index in [1.165, 1.54) is 19.3 Å². The number of hydrogen-bond acceptors (Lipinski definition) is 4. The van der Waals surface area contributed by atoms with Gasteiger partial charge in [-0.3, -0.25) is 14.3 Å². The quantitative estimate of drug-likeness (QED) is 0.395. The van der Waals surface area contributed by atoms with Crippen LogP contribution in [-0.2, 0) is 16.0 Å². The zero-order valence-electron chi connectivity index (χ0n) is 19.8. The molecule has 0 unspecified atom stereocenters. The van der Waals surface area contributed by atoms with Crippen LogP contribution in [0.1, 0.15) is 64.9 Å². The minimum Gasteiger partial charge on any atom is -0.369 e. The van der Waals surface area contributed by atoms with Crippen LogP contribution in [0.15, 0.2) is 53.4 Å². The van der Waals surface area contributed by atoms with Crippen LogP contribution in [0.3, 0.4) is 0 Å². The summed E-state index contributed by atoms with van der Waals surface area (Å²) in [5.74, 6) is 0.0941. The topological polar surface area (TPSA) is 84.2 Å². The molecule has 2 aromatic rings. The summed E-state index contributed by atoms with van der Waals surface area (Å²) in [7, 11) is 0. The number of hydrogen-bond donors (Lipinski definition) is 3. The molecule has 5 nitrogen and oxygen atoms in total. The third-order valence-electron chi connectivity index (χ3n) is 5.15. The fourth-order valence-corrected chi connectivity index (χ4v) is 4.29. The summed E-state index contributed by atoms with van der Waals surface area (Å²) in [6, 6.07) is 15.4. The first kappa shape index (κ1) is 27.2. The number of nitrogens with one attached hydrogen (secondary N) is 2. The lowest BCUT2D eigenvalue weighted by atomic mass is 9.89. The van der Waals surface area contributed by atoms with E-state index in [0.717, 1.165) is 29.0 Å². The molecule has 2 amide bonds. The molecule has 2 aromatic carbocycles. The summed E-state index contributed by atoms with van der Waals surface area (Å²) in [6.07, 6.45) is 6.81. The van der Waals surface area contributed by atoms with Gasteiger partial charge in [-0.25, -0.2) is 0 Å². The standard InChI is InChI=1S/C19H23ClN2OS.C7H13NO/c1-19(2,3)22-24-17-10-8-16(9-11-17)21-18(23)12-7-14-5-4-6-15(20)13-14;8-7(9)6-4-2-1-3-5-6/h4-6,8-11,13,22H,7,12H2,1-3H3,(H,21,23);6H,1-5H2,(H2,8,9). The van der Waals surface area contributed by atoms with E-state index in [4.69, 9.17) is 17.3 Å². The van der Waals surface area contributed by atoms with Crippen molar-refractivity contribution in [1.29, 1.82) is 0 Å². The number of rotatable bonds is 7. The molecule has 1 fully saturated rings. The van der Waals surface area contributed by atoms with Gasteiger partial charge in [0.1, 0.15) is 0 Å². The Kier molecular flexibility index (Phi) is 11.2. The molecule has 3 rings (SSSR count). The number of nitrogens with two attached hydrogens (primary N) is 1. The molecule has 0 aliphatic heterocycles. The third kappa shape index (κ3) is 11.6. The van der Waals surface area contributed by atoms with Gasteiger partial charge in [0, 0.05) is 33.5 Å². The normalized spacial score (nSPS) is 14.2. The van der Waals surface area contributed by atoms with Crippen molar-refractivity contribution in [2.75, 3.05) is 5.32 Å². The molecule has 33 heavy (non-hydrogen) atoms. The second-order valence-corrected chi connectivity index (χ2v) is 10.7. The van der Waals surface area contributed by atoms with Crippen molar-refractivity contribution in [3.05, 3.63) is 59.1 Å². The van der Waals surface area contributed by atoms with Crippen LogP contribution in [0.25, 0.3) is 0 Å². The Morgan fingerprint density at radius 3 is 2.27 bits per heavy atom. The molecule has 0 atom stereocenters. The molecule has 0 bridgehead atoms. The molecule has 0 spiro atoms. The van der Waals surface area contributed by atoms with Crippen LogP contribution in [0, 0.1) is 5.92 Å². The van der Waals surface area contributed by atoms with Gasteiger partial charge in [0.05, 0.1) is 0 Å². The SMILES string of the molecule is CC(C)(C)NSc1ccc(NC(=O)CCc2cccc(Cl)c2)cc1.NC(=O)C1CCCCC1. The Balaban J connectivity index is 0.000000357. The van der Waals surface area contributed by atoms with Crippen molar-refractivity contribution in [3.8, 4) is 0 Å². The fourth-order valence-electron chi connectivity index (χ4n) is 3.38. The van der Waals surface area contributed by atoms with Gasteiger partial charge in [-0.2, -0.15) is 0 Å². The maximum atomic E-state index is 12.1. The zero-order valence-corrected chi connectivity index (χ0v) is 21.4. The molecule has 0 saturated heterocycles. The highest BCUT2D eigenvalue weighted by atomic mass is 35.5. The van der Waals surface area contributed by atoms with E-state index in [1.807, 2.05) is 48.5 Å². The van der Waals surface area contributed by atoms with Gasteiger partial charge >= 0.3 is 0 Å². The number of aryl methyl sites for hydroxylation is 1. The van der Waals surface area contributed by atoms with Gasteiger partial charge in [-0.05, 0) is 93.9 Å². The molecule has 4 N–H and O–H groups in total. The average Bonchev–Trinajstić information content (AvgIpc) is 2.78. The highest BCUT2D eigenvalue weighted by molar-refractivity contribution is 7.97. The lowest BCUT2D eigenvalue weighted by Gasteiger charge is -2.19. The molecular formula is C26H36ClN3O2S. The van der Waals surface area contributed by atoms with Gasteiger partial charge in [0.2, 0.25) is 11.8 Å². The van der Waals surface area contributed by atoms with Gasteiger partial charge < -0.3 is 11.1 Å². The van der Waals surface area contributed by atoms with Crippen LogP contribution >= 0.6 is 23.5 Å². The van der Waals surface area contributed by atoms with E-state index in [9.17, 15) is 9.59 Å². The van der Waals surface area contributed by atoms with E-state index in [2.05, 4.69) is 30.8 Å². The molecule has 1 aliphatic carbocycles. The minimum atomic E-state index is -0.102. The van der Waals surface area contributed by atoms with E-state index in [0.29, 0.717) is 17.9 Å². The lowest BCUT2D eigenvalue weighted by Crippen LogP contribution is -2.29. The second kappa shape index (κ2) is 13.6. The second-order valence-electron chi connectivity index (χ2n) is 9.39. The van der Waals surface area contributed by atoms with Crippen molar-refractivity contribution in [3.63, 3.8) is 0 Å². The minimum absolute atomic E-state index is 0.00296. The van der Waals surface area contributed by atoms with Crippen molar-refractivity contribution >= 4 is 41.1 Å². The number of primary amides is 1. The average molecular weight is 490 g/mol. The number of halogens is 1. The molecule has 0 radical (unpaired) electrons. The predicted octanol–water partition coefficient (Wildman–Crippen LogP) is 6.36. The maximum Gasteiger partial charge on any atom is 0.224 e. The molecule has 7 heteroatoms. The van der Waals surface area contributed by atoms with Crippen LogP contribution < -0.4 is 15.8 Å². The molecular weight excluding hydrogens is 454 g/mol. The zero-order chi connectivity index (χ0) is 24.3. The number of carbonyl (C=O) groups is 2. The summed E-state index contributed by atoms with van der Waals surface area (Å²) < 4.78 is 3.36. The summed E-state index contributed by atoms with van der Waals surface area (Å²) in [4.78, 5) is 23.7. The molecule has 0 aromatic heterocycles. The Morgan fingerprint density at radius 1 is 1.06 bits per heavy atom. The van der Waals surface area contributed by atoms with Crippen molar-refractivity contribution in [2.45, 2.75) is 76.2 Å². The third-order valence-corrected chi connectivity index (χ3v) is 6.61. The first-order valence-electron chi connectivity index (χ1n) is 11.5. The van der Waals surface area contributed by atoms with Crippen molar-refractivity contribution < 1.29 is 9.59 Å². The molecule has 180 valence electrons. The van der Waals surface area contributed by atoms with Crippen LogP contribution in [0.5, 0.6) is 0 Å². The Bertz CT molecular complexity index is 891. The van der Waals surface area contributed by atoms with Crippen LogP contribution in [0.2, 0.25) is 5.02 Å². The van der Waals surface area contributed by atoms with E-state index in [-0.39, 0.29) is 23.3 Å². The van der Waals surface area contributed by atoms with Crippen molar-refractivity contribution in [2.24, 2.45) is 11.7 Å². The van der Waals surface area contributed by atoms with Gasteiger partial charge in [-0.15, -0.1) is 0 Å². The Labute approximate surface area is 207 Å². The van der Waals surface area contributed by atoms with Gasteiger partial charge in [0.25, 0.3) is 0 Å². The molecule has 1 aliphatic rings. The highest BCUT2D eigenvalue weighted by Crippen LogP contribution is 2.23. The summed E-state index contributed by atoms with van der Waals surface area (Å²) in [5, 5.41) is 3.62. The van der Waals surface area contributed by atoms with E-state index in [1.54, 1.807) is 11.9 Å². The lowest BCUT2D eigenvalue weighted by molar-refractivity contribution is -0.122. The van der Waals surface area contributed by atoms with Crippen LogP contribution in [-0.4, -0.2) is 17.4 Å². The monoisotopic (exact) mass is 489 g/mol. The smallest absolute Gasteiger partial charge is 0.224 e. The Hall–Kier alpha value is -2.02. The highest BCUT2D eigenvalue weighted by Gasteiger charge is 2.17. The summed E-state index contributed by atoms with van der Waals surface area (Å²) >= 11 is 7.54. The predicted molar refractivity (Wildman–Crippen MR) is 139 cm³/mol. The fraction of sp³-hybridized carbons (Fsp3) is 0.462. The van der Waals surface area contributed by atoms with Crippen LogP contribution in [0.4, 0.5) is 5.69 Å². The van der Waals surface area contributed by atoms with Gasteiger partial charge in [0.15, 0.2) is 0 Å². The number of carbonyl (C=O) groups excluding carboxylic acids is 2. The Morgan fingerprint density at radius 2 is 1.73 bits per heavy atom. The number of benzene rings is 2. The van der Waals surface area contributed by atoms with Gasteiger partial charge in [-0.1, -0.05) is 43.0 Å². The first-order valence-corrected chi connectivity index (χ1v) is 12.7. The summed E-state index contributed by atoms with van der Waals surface area (Å²) in [6.45, 7) is 6.36. The number of amides is 2. The van der Waals surface area contributed by atoms with E-state index >= 15 is 0 Å². The number of anilines is 1. The molecule has 0 heterocycles. The maximum absolute atomic E-state index is 12.1. The van der Waals surface area contributed by atoms with E-state index < -0.39 is 0 Å².